The standard InChI is InChI=1S/2C13H26O5Si/c1-7-10-19(15-8-2,16-9-3)18-12(6)17-13(14)11(4)5;1-6-16-19(17-7-2,18-8-3)11-9-10-15-13(14)12(4)5/h12H,4,7-10H2,1-3,5-6H3;4,6-11H2,1-3,5H3. The Labute approximate surface area is 232 Å². The highest BCUT2D eigenvalue weighted by atomic mass is 28.4. The zero-order valence-corrected chi connectivity index (χ0v) is 27.1. The van der Waals surface area contributed by atoms with Crippen LogP contribution in [0.15, 0.2) is 24.3 Å². The summed E-state index contributed by atoms with van der Waals surface area (Å²) in [5.74, 6) is -0.837. The van der Waals surface area contributed by atoms with Gasteiger partial charge in [0.15, 0.2) is 6.29 Å². The van der Waals surface area contributed by atoms with Gasteiger partial charge in [-0.05, 0) is 61.8 Å². The lowest BCUT2D eigenvalue weighted by Gasteiger charge is -2.31. The third kappa shape index (κ3) is 17.3. The molecule has 0 saturated heterocycles. The minimum atomic E-state index is -2.77. The first kappa shape index (κ1) is 38.8. The number of hydrogen-bond acceptors (Lipinski definition) is 10. The molecular weight excluding hydrogens is 528 g/mol. The molecule has 0 bridgehead atoms. The van der Waals surface area contributed by atoms with E-state index < -0.39 is 29.9 Å². The normalized spacial score (nSPS) is 12.2. The van der Waals surface area contributed by atoms with Gasteiger partial charge in [-0.1, -0.05) is 26.5 Å². The van der Waals surface area contributed by atoms with Crippen molar-refractivity contribution in [3.8, 4) is 0 Å². The molecule has 0 saturated carbocycles. The van der Waals surface area contributed by atoms with Crippen molar-refractivity contribution < 1.29 is 45.6 Å². The number of esters is 2. The number of ether oxygens (including phenoxy) is 2. The zero-order valence-electron chi connectivity index (χ0n) is 25.1. The number of carbonyl (C=O) groups excluding carboxylic acids is 2. The van der Waals surface area contributed by atoms with Crippen LogP contribution in [-0.2, 0) is 45.6 Å². The van der Waals surface area contributed by atoms with Crippen molar-refractivity contribution in [2.24, 2.45) is 0 Å². The third-order valence-electron chi connectivity index (χ3n) is 4.55. The molecule has 0 aliphatic heterocycles. The molecule has 0 aliphatic rings. The second-order valence-corrected chi connectivity index (χ2v) is 13.6. The van der Waals surface area contributed by atoms with Crippen LogP contribution in [0.4, 0.5) is 0 Å². The minimum absolute atomic E-state index is 0.327. The van der Waals surface area contributed by atoms with Crippen LogP contribution in [0.1, 0.15) is 75.2 Å². The Kier molecular flexibility index (Phi) is 22.9. The van der Waals surface area contributed by atoms with Crippen molar-refractivity contribution >= 4 is 29.5 Å². The molecule has 1 unspecified atom stereocenters. The van der Waals surface area contributed by atoms with Crippen molar-refractivity contribution in [2.45, 2.75) is 93.5 Å². The number of rotatable bonds is 21. The lowest BCUT2D eigenvalue weighted by Crippen LogP contribution is -2.48. The van der Waals surface area contributed by atoms with E-state index in [0.717, 1.165) is 6.42 Å². The molecule has 12 heteroatoms. The molecule has 38 heavy (non-hydrogen) atoms. The van der Waals surface area contributed by atoms with Crippen LogP contribution in [0.2, 0.25) is 12.1 Å². The van der Waals surface area contributed by atoms with Gasteiger partial charge in [-0.2, -0.15) is 0 Å². The smallest absolute Gasteiger partial charge is 0.462 e. The first-order valence-corrected chi connectivity index (χ1v) is 17.3. The summed E-state index contributed by atoms with van der Waals surface area (Å²) < 4.78 is 44.5. The monoisotopic (exact) mass is 580 g/mol. The molecule has 0 aromatic rings. The molecule has 0 spiro atoms. The van der Waals surface area contributed by atoms with E-state index in [4.69, 9.17) is 36.0 Å². The van der Waals surface area contributed by atoms with E-state index in [-0.39, 0.29) is 5.97 Å². The molecule has 0 fully saturated rings. The van der Waals surface area contributed by atoms with Crippen LogP contribution in [0.3, 0.4) is 0 Å². The van der Waals surface area contributed by atoms with Crippen LogP contribution in [-0.4, -0.2) is 75.5 Å². The van der Waals surface area contributed by atoms with E-state index >= 15 is 0 Å². The first-order chi connectivity index (χ1) is 17.9. The Hall–Kier alpha value is -1.39. The first-order valence-electron chi connectivity index (χ1n) is 13.5. The fourth-order valence-electron chi connectivity index (χ4n) is 3.17. The summed E-state index contributed by atoms with van der Waals surface area (Å²) in [5.41, 5.74) is 0.744. The molecule has 0 aromatic carbocycles. The van der Waals surface area contributed by atoms with Crippen molar-refractivity contribution in [3.05, 3.63) is 24.3 Å². The predicted molar refractivity (Wildman–Crippen MR) is 151 cm³/mol. The summed E-state index contributed by atoms with van der Waals surface area (Å²) in [7, 11) is -5.38. The maximum Gasteiger partial charge on any atom is 0.503 e. The maximum absolute atomic E-state index is 11.4. The average molecular weight is 581 g/mol. The van der Waals surface area contributed by atoms with Gasteiger partial charge >= 0.3 is 29.5 Å². The highest BCUT2D eigenvalue weighted by Crippen LogP contribution is 2.21. The molecule has 0 N–H and O–H groups in total. The third-order valence-corrected chi connectivity index (χ3v) is 11.0. The highest BCUT2D eigenvalue weighted by molar-refractivity contribution is 6.61. The van der Waals surface area contributed by atoms with Gasteiger partial charge < -0.3 is 36.0 Å². The van der Waals surface area contributed by atoms with Gasteiger partial charge in [0.1, 0.15) is 0 Å². The van der Waals surface area contributed by atoms with Crippen LogP contribution in [0.5, 0.6) is 0 Å². The van der Waals surface area contributed by atoms with Gasteiger partial charge in [0.25, 0.3) is 0 Å². The van der Waals surface area contributed by atoms with Crippen LogP contribution in [0.25, 0.3) is 0 Å². The van der Waals surface area contributed by atoms with E-state index in [1.54, 1.807) is 20.8 Å². The SMILES string of the molecule is C=C(C)C(=O)OC(C)O[Si](CCC)(OCC)OCC.C=C(C)C(=O)OCCC[Si](OCC)(OCC)OCC. The lowest BCUT2D eigenvalue weighted by atomic mass is 10.4. The van der Waals surface area contributed by atoms with Crippen LogP contribution < -0.4 is 0 Å². The summed E-state index contributed by atoms with van der Waals surface area (Å²) in [4.78, 5) is 22.7. The van der Waals surface area contributed by atoms with E-state index in [2.05, 4.69) is 13.2 Å². The second kappa shape index (κ2) is 22.4. The summed E-state index contributed by atoms with van der Waals surface area (Å²) in [6, 6.07) is 1.34. The van der Waals surface area contributed by atoms with Crippen molar-refractivity contribution in [2.75, 3.05) is 39.6 Å². The van der Waals surface area contributed by atoms with Gasteiger partial charge in [0.05, 0.1) is 6.61 Å². The number of carbonyl (C=O) groups is 2. The molecule has 0 rings (SSSR count). The molecular formula is C26H52O10Si2. The lowest BCUT2D eigenvalue weighted by molar-refractivity contribution is -0.162. The molecule has 0 amide bonds. The summed E-state index contributed by atoms with van der Waals surface area (Å²) in [5, 5.41) is 0. The average Bonchev–Trinajstić information content (AvgIpc) is 2.83. The Balaban J connectivity index is 0. The maximum atomic E-state index is 11.4. The summed E-state index contributed by atoms with van der Waals surface area (Å²) in [6.07, 6.45) is 0.832. The Morgan fingerprint density at radius 1 is 0.684 bits per heavy atom. The Morgan fingerprint density at radius 3 is 1.47 bits per heavy atom. The number of hydrogen-bond donors (Lipinski definition) is 0. The minimum Gasteiger partial charge on any atom is -0.462 e. The van der Waals surface area contributed by atoms with E-state index in [0.29, 0.717) is 69.3 Å². The molecule has 1 atom stereocenters. The zero-order chi connectivity index (χ0) is 29.6. The molecule has 0 radical (unpaired) electrons. The summed E-state index contributed by atoms with van der Waals surface area (Å²) >= 11 is 0. The molecule has 0 heterocycles. The summed E-state index contributed by atoms with van der Waals surface area (Å²) in [6.45, 7) is 26.5. The van der Waals surface area contributed by atoms with E-state index in [1.807, 2.05) is 41.5 Å². The Bertz CT molecular complexity index is 653. The van der Waals surface area contributed by atoms with Crippen molar-refractivity contribution in [1.29, 1.82) is 0 Å². The van der Waals surface area contributed by atoms with Gasteiger partial charge in [0, 0.05) is 56.3 Å². The van der Waals surface area contributed by atoms with E-state index in [1.165, 1.54) is 0 Å². The van der Waals surface area contributed by atoms with Gasteiger partial charge in [-0.3, -0.25) is 0 Å². The van der Waals surface area contributed by atoms with Gasteiger partial charge in [0.2, 0.25) is 0 Å². The quantitative estimate of drug-likeness (QED) is 0.0573. The molecule has 0 aromatic heterocycles. The fraction of sp³-hybridized carbons (Fsp3) is 0.769. The van der Waals surface area contributed by atoms with Crippen molar-refractivity contribution in [1.82, 2.24) is 0 Å². The van der Waals surface area contributed by atoms with E-state index in [9.17, 15) is 9.59 Å². The van der Waals surface area contributed by atoms with Crippen LogP contribution >= 0.6 is 0 Å². The van der Waals surface area contributed by atoms with Gasteiger partial charge in [-0.15, -0.1) is 0 Å². The van der Waals surface area contributed by atoms with Gasteiger partial charge in [-0.25, -0.2) is 9.59 Å². The van der Waals surface area contributed by atoms with Crippen molar-refractivity contribution in [3.63, 3.8) is 0 Å². The largest absolute Gasteiger partial charge is 0.503 e. The highest BCUT2D eigenvalue weighted by Gasteiger charge is 2.42. The molecule has 224 valence electrons. The predicted octanol–water partition coefficient (Wildman–Crippen LogP) is 5.43. The van der Waals surface area contributed by atoms with Crippen LogP contribution in [0, 0.1) is 0 Å². The molecule has 0 aliphatic carbocycles. The topological polar surface area (TPSA) is 108 Å². The second-order valence-electron chi connectivity index (χ2n) is 8.17. The Morgan fingerprint density at radius 2 is 1.11 bits per heavy atom. The molecule has 10 nitrogen and oxygen atoms in total. The fourth-order valence-corrected chi connectivity index (χ4v) is 8.42.